The van der Waals surface area contributed by atoms with Crippen LogP contribution in [0.15, 0.2) is 66.2 Å². The van der Waals surface area contributed by atoms with E-state index in [9.17, 15) is 9.18 Å². The highest BCUT2D eigenvalue weighted by atomic mass is 32.1. The second kappa shape index (κ2) is 7.85. The van der Waals surface area contributed by atoms with Gasteiger partial charge in [-0.05, 0) is 30.3 Å². The fourth-order valence-corrected chi connectivity index (χ4v) is 4.08. The van der Waals surface area contributed by atoms with Crippen molar-refractivity contribution in [2.75, 3.05) is 0 Å². The Morgan fingerprint density at radius 3 is 2.90 bits per heavy atom. The molecule has 0 N–H and O–H groups in total. The molecule has 1 aliphatic heterocycles. The van der Waals surface area contributed by atoms with Crippen LogP contribution >= 0.6 is 11.3 Å². The topological polar surface area (TPSA) is 57.7 Å². The van der Waals surface area contributed by atoms with Crippen molar-refractivity contribution >= 4 is 27.5 Å². The average Bonchev–Trinajstić information content (AvgIpc) is 3.25. The smallest absolute Gasteiger partial charge is 0.338 e. The van der Waals surface area contributed by atoms with E-state index in [-0.39, 0.29) is 13.2 Å². The van der Waals surface area contributed by atoms with Crippen molar-refractivity contribution < 1.29 is 23.4 Å². The maximum atomic E-state index is 14.1. The van der Waals surface area contributed by atoms with Gasteiger partial charge in [-0.1, -0.05) is 30.3 Å². The molecule has 4 aromatic rings. The van der Waals surface area contributed by atoms with Crippen LogP contribution in [0.5, 0.6) is 5.75 Å². The number of ether oxygens (including phenoxy) is 3. The average molecular weight is 421 g/mol. The Morgan fingerprint density at radius 2 is 2.03 bits per heavy atom. The molecule has 2 heterocycles. The van der Waals surface area contributed by atoms with Crippen LogP contribution < -0.4 is 4.74 Å². The first-order valence-corrected chi connectivity index (χ1v) is 10.2. The molecular formula is C23H16FNO4S. The molecule has 7 heteroatoms. The van der Waals surface area contributed by atoms with Crippen LogP contribution in [0.4, 0.5) is 4.39 Å². The summed E-state index contributed by atoms with van der Waals surface area (Å²) in [5.74, 6) is -0.437. The summed E-state index contributed by atoms with van der Waals surface area (Å²) >= 11 is 1.45. The third-order valence-electron chi connectivity index (χ3n) is 4.82. The first-order chi connectivity index (χ1) is 14.7. The molecule has 1 aliphatic rings. The van der Waals surface area contributed by atoms with Gasteiger partial charge in [0.05, 0.1) is 27.9 Å². The van der Waals surface area contributed by atoms with Gasteiger partial charge in [0.2, 0.25) is 6.29 Å². The predicted octanol–water partition coefficient (Wildman–Crippen LogP) is 5.40. The fourth-order valence-electron chi connectivity index (χ4n) is 3.37. The van der Waals surface area contributed by atoms with E-state index in [1.54, 1.807) is 23.7 Å². The molecule has 3 aromatic carbocycles. The maximum Gasteiger partial charge on any atom is 0.338 e. The molecule has 0 saturated heterocycles. The number of hydrogen-bond donors (Lipinski definition) is 0. The number of thiazole rings is 1. The lowest BCUT2D eigenvalue weighted by Crippen LogP contribution is -2.20. The van der Waals surface area contributed by atoms with Crippen molar-refractivity contribution in [1.29, 1.82) is 0 Å². The van der Waals surface area contributed by atoms with E-state index >= 15 is 0 Å². The first-order valence-electron chi connectivity index (χ1n) is 9.32. The number of rotatable bonds is 4. The number of aromatic nitrogens is 1. The van der Waals surface area contributed by atoms with Crippen LogP contribution in [0.25, 0.3) is 10.2 Å². The lowest BCUT2D eigenvalue weighted by molar-refractivity contribution is -0.112. The molecule has 0 unspecified atom stereocenters. The van der Waals surface area contributed by atoms with E-state index in [1.807, 2.05) is 30.3 Å². The minimum absolute atomic E-state index is 0.110. The van der Waals surface area contributed by atoms with E-state index in [4.69, 9.17) is 14.2 Å². The quantitative estimate of drug-likeness (QED) is 0.413. The van der Waals surface area contributed by atoms with Crippen molar-refractivity contribution in [2.45, 2.75) is 19.5 Å². The molecule has 0 spiro atoms. The number of esters is 1. The zero-order chi connectivity index (χ0) is 20.5. The molecule has 0 amide bonds. The van der Waals surface area contributed by atoms with Gasteiger partial charge in [-0.15, -0.1) is 11.3 Å². The minimum atomic E-state index is -0.604. The molecule has 1 aromatic heterocycles. The van der Waals surface area contributed by atoms with Crippen molar-refractivity contribution in [3.63, 3.8) is 0 Å². The van der Waals surface area contributed by atoms with E-state index in [1.165, 1.54) is 23.5 Å². The lowest BCUT2D eigenvalue weighted by Gasteiger charge is -2.28. The molecule has 0 saturated carbocycles. The van der Waals surface area contributed by atoms with Crippen molar-refractivity contribution in [2.24, 2.45) is 0 Å². The molecule has 150 valence electrons. The molecule has 5 rings (SSSR count). The predicted molar refractivity (Wildman–Crippen MR) is 110 cm³/mol. The zero-order valence-corrected chi connectivity index (χ0v) is 16.5. The first kappa shape index (κ1) is 18.7. The second-order valence-corrected chi connectivity index (χ2v) is 7.72. The largest absolute Gasteiger partial charge is 0.460 e. The summed E-state index contributed by atoms with van der Waals surface area (Å²) in [7, 11) is 0. The fraction of sp³-hybridized carbons (Fsp3) is 0.130. The Kier molecular flexibility index (Phi) is 4.90. The molecule has 5 nitrogen and oxygen atoms in total. The van der Waals surface area contributed by atoms with Gasteiger partial charge >= 0.3 is 5.97 Å². The van der Waals surface area contributed by atoms with Crippen LogP contribution in [-0.2, 0) is 22.7 Å². The third kappa shape index (κ3) is 3.65. The monoisotopic (exact) mass is 421 g/mol. The van der Waals surface area contributed by atoms with E-state index in [0.717, 1.165) is 15.8 Å². The van der Waals surface area contributed by atoms with Crippen LogP contribution in [0.3, 0.4) is 0 Å². The van der Waals surface area contributed by atoms with Gasteiger partial charge in [-0.3, -0.25) is 0 Å². The van der Waals surface area contributed by atoms with Gasteiger partial charge in [-0.2, -0.15) is 0 Å². The summed E-state index contributed by atoms with van der Waals surface area (Å²) in [6.45, 7) is 0.0941. The number of benzene rings is 3. The van der Waals surface area contributed by atoms with Crippen molar-refractivity contribution in [3.05, 3.63) is 94.2 Å². The summed E-state index contributed by atoms with van der Waals surface area (Å²) < 4.78 is 32.2. The molecule has 0 aliphatic carbocycles. The number of fused-ring (bicyclic) bond motifs is 2. The molecule has 0 radical (unpaired) electrons. The Bertz CT molecular complexity index is 1220. The Hall–Kier alpha value is -3.29. The summed E-state index contributed by atoms with van der Waals surface area (Å²) in [6, 6.07) is 17.4. The summed E-state index contributed by atoms with van der Waals surface area (Å²) in [5.41, 5.74) is 4.87. The number of carbonyl (C=O) groups is 1. The highest BCUT2D eigenvalue weighted by Gasteiger charge is 2.25. The van der Waals surface area contributed by atoms with Gasteiger partial charge < -0.3 is 14.2 Å². The lowest BCUT2D eigenvalue weighted by atomic mass is 10.1. The highest BCUT2D eigenvalue weighted by molar-refractivity contribution is 7.16. The molecule has 30 heavy (non-hydrogen) atoms. The van der Waals surface area contributed by atoms with Gasteiger partial charge in [0.25, 0.3) is 0 Å². The van der Waals surface area contributed by atoms with Crippen molar-refractivity contribution in [3.8, 4) is 5.75 Å². The maximum absolute atomic E-state index is 14.1. The van der Waals surface area contributed by atoms with Gasteiger partial charge in [0.1, 0.15) is 18.2 Å². The van der Waals surface area contributed by atoms with Crippen LogP contribution in [0, 0.1) is 5.82 Å². The van der Waals surface area contributed by atoms with Gasteiger partial charge in [0, 0.05) is 16.7 Å². The molecular weight excluding hydrogens is 405 g/mol. The second-order valence-electron chi connectivity index (χ2n) is 6.84. The number of hydrogen-bond acceptors (Lipinski definition) is 6. The van der Waals surface area contributed by atoms with E-state index < -0.39 is 18.1 Å². The number of carbonyl (C=O) groups excluding carboxylic acids is 1. The molecule has 0 fully saturated rings. The summed E-state index contributed by atoms with van der Waals surface area (Å²) in [5, 5.41) is 0. The summed E-state index contributed by atoms with van der Waals surface area (Å²) in [6.07, 6.45) is -0.604. The standard InChI is InChI=1S/C23H16FNO4S/c24-18-8-16(11-27-22(26)15-6-7-19-20(10-15)30-13-25-19)21-17(9-18)12-28-23(29-21)14-4-2-1-3-5-14/h1-10,13,23H,11-12H2/t23-/m0/s1. The highest BCUT2D eigenvalue weighted by Crippen LogP contribution is 2.37. The Morgan fingerprint density at radius 1 is 1.17 bits per heavy atom. The minimum Gasteiger partial charge on any atom is -0.460 e. The van der Waals surface area contributed by atoms with Gasteiger partial charge in [-0.25, -0.2) is 14.2 Å². The Balaban J connectivity index is 1.37. The van der Waals surface area contributed by atoms with E-state index in [0.29, 0.717) is 22.4 Å². The number of nitrogens with zero attached hydrogens (tertiary/aromatic N) is 1. The Labute approximate surface area is 175 Å². The van der Waals surface area contributed by atoms with Crippen LogP contribution in [-0.4, -0.2) is 11.0 Å². The normalized spacial score (nSPS) is 15.4. The summed E-state index contributed by atoms with van der Waals surface area (Å²) in [4.78, 5) is 16.7. The van der Waals surface area contributed by atoms with E-state index in [2.05, 4.69) is 4.98 Å². The molecule has 1 atom stereocenters. The van der Waals surface area contributed by atoms with Crippen molar-refractivity contribution in [1.82, 2.24) is 4.98 Å². The molecule has 0 bridgehead atoms. The van der Waals surface area contributed by atoms with Gasteiger partial charge in [0.15, 0.2) is 0 Å². The van der Waals surface area contributed by atoms with Crippen LogP contribution in [0.1, 0.15) is 33.3 Å². The third-order valence-corrected chi connectivity index (χ3v) is 5.61. The zero-order valence-electron chi connectivity index (χ0n) is 15.7. The number of halogens is 1. The SMILES string of the molecule is O=C(OCc1cc(F)cc2c1O[C@@H](c1ccccc1)OC2)c1ccc2ncsc2c1. The van der Waals surface area contributed by atoms with Crippen LogP contribution in [0.2, 0.25) is 0 Å².